The zero-order valence-corrected chi connectivity index (χ0v) is 18.6. The highest BCUT2D eigenvalue weighted by atomic mass is 16.6. The first-order valence-corrected chi connectivity index (χ1v) is 10.2. The summed E-state index contributed by atoms with van der Waals surface area (Å²) in [5, 5.41) is 15.0. The Morgan fingerprint density at radius 3 is 2.12 bits per heavy atom. The number of aliphatic imine (C=N–C) groups is 1. The van der Waals surface area contributed by atoms with E-state index in [4.69, 9.17) is 9.73 Å². The number of hydrogen-bond donors (Lipinski definition) is 1. The molecule has 3 aromatic rings. The first kappa shape index (κ1) is 23.1. The van der Waals surface area contributed by atoms with Gasteiger partial charge in [0.1, 0.15) is 11.4 Å². The normalized spacial score (nSPS) is 11.8. The first-order chi connectivity index (χ1) is 15.4. The molecular weight excluding hydrogens is 406 g/mol. The highest BCUT2D eigenvalue weighted by Crippen LogP contribution is 2.35. The lowest BCUT2D eigenvalue weighted by atomic mass is 10.0. The molecule has 2 aromatic carbocycles. The van der Waals surface area contributed by atoms with Crippen LogP contribution in [0, 0.1) is 10.1 Å². The Labute approximate surface area is 187 Å². The van der Waals surface area contributed by atoms with E-state index in [1.807, 2.05) is 79.7 Å². The van der Waals surface area contributed by atoms with Crippen molar-refractivity contribution in [1.29, 1.82) is 0 Å². The van der Waals surface area contributed by atoms with Crippen LogP contribution in [0.3, 0.4) is 0 Å². The van der Waals surface area contributed by atoms with Crippen LogP contribution < -0.4 is 10.1 Å². The molecule has 1 atom stereocenters. The second-order valence-corrected chi connectivity index (χ2v) is 7.47. The van der Waals surface area contributed by atoms with Gasteiger partial charge in [0, 0.05) is 23.7 Å². The summed E-state index contributed by atoms with van der Waals surface area (Å²) in [6.45, 7) is 0.537. The summed E-state index contributed by atoms with van der Waals surface area (Å²) in [5.41, 5.74) is 2.94. The maximum absolute atomic E-state index is 11.9. The summed E-state index contributed by atoms with van der Waals surface area (Å²) in [6, 6.07) is 20.4. The van der Waals surface area contributed by atoms with Crippen LogP contribution in [0.1, 0.15) is 22.9 Å². The Morgan fingerprint density at radius 1 is 1.12 bits per heavy atom. The molecule has 3 rings (SSSR count). The predicted molar refractivity (Wildman–Crippen MR) is 126 cm³/mol. The molecule has 1 heterocycles. The van der Waals surface area contributed by atoms with E-state index < -0.39 is 4.92 Å². The molecule has 0 amide bonds. The van der Waals surface area contributed by atoms with Crippen LogP contribution >= 0.6 is 0 Å². The van der Waals surface area contributed by atoms with Crippen LogP contribution in [0.4, 0.5) is 11.4 Å². The van der Waals surface area contributed by atoms with Crippen LogP contribution in [-0.2, 0) is 0 Å². The number of benzene rings is 2. The van der Waals surface area contributed by atoms with Crippen molar-refractivity contribution in [3.63, 3.8) is 0 Å². The molecule has 1 unspecified atom stereocenters. The summed E-state index contributed by atoms with van der Waals surface area (Å²) in [7, 11) is 7.04. The number of nitro groups is 1. The summed E-state index contributed by atoms with van der Waals surface area (Å²) in [6.07, 6.45) is 0. The Hall–Kier alpha value is -3.62. The summed E-state index contributed by atoms with van der Waals surface area (Å²) >= 11 is 0. The Kier molecular flexibility index (Phi) is 7.64. The van der Waals surface area contributed by atoms with Gasteiger partial charge in [0.15, 0.2) is 0 Å². The van der Waals surface area contributed by atoms with Gasteiger partial charge in [0.05, 0.1) is 23.8 Å². The predicted octanol–water partition coefficient (Wildman–Crippen LogP) is 3.99. The van der Waals surface area contributed by atoms with Crippen LogP contribution in [0.5, 0.6) is 5.88 Å². The summed E-state index contributed by atoms with van der Waals surface area (Å²) in [5.74, 6) is 0.231. The van der Waals surface area contributed by atoms with E-state index in [1.165, 1.54) is 13.2 Å². The van der Waals surface area contributed by atoms with E-state index in [0.29, 0.717) is 23.6 Å². The van der Waals surface area contributed by atoms with Gasteiger partial charge in [0.25, 0.3) is 5.69 Å². The maximum Gasteiger partial charge on any atom is 0.294 e. The third kappa shape index (κ3) is 5.35. The number of rotatable bonds is 9. The molecule has 0 aliphatic rings. The van der Waals surface area contributed by atoms with Gasteiger partial charge >= 0.3 is 0 Å². The zero-order chi connectivity index (χ0) is 23.1. The minimum atomic E-state index is -0.425. The average molecular weight is 434 g/mol. The first-order valence-electron chi connectivity index (χ1n) is 10.2. The number of ether oxygens (including phenoxy) is 1. The smallest absolute Gasteiger partial charge is 0.294 e. The van der Waals surface area contributed by atoms with Gasteiger partial charge in [-0.1, -0.05) is 60.7 Å². The second-order valence-electron chi connectivity index (χ2n) is 7.47. The number of hydrogen-bond acceptors (Lipinski definition) is 7. The minimum absolute atomic E-state index is 0.105. The van der Waals surface area contributed by atoms with Gasteiger partial charge in [-0.05, 0) is 21.1 Å². The zero-order valence-electron chi connectivity index (χ0n) is 18.6. The topological polar surface area (TPSA) is 92.9 Å². The number of methoxy groups -OCH3 is 1. The second kappa shape index (κ2) is 10.6. The molecule has 0 bridgehead atoms. The maximum atomic E-state index is 11.9. The van der Waals surface area contributed by atoms with E-state index in [9.17, 15) is 10.1 Å². The Balaban J connectivity index is 2.22. The number of nitrogens with zero attached hydrogens (tertiary/aromatic N) is 4. The fourth-order valence-electron chi connectivity index (χ4n) is 3.41. The molecule has 32 heavy (non-hydrogen) atoms. The lowest BCUT2D eigenvalue weighted by Gasteiger charge is -2.20. The van der Waals surface area contributed by atoms with Crippen molar-refractivity contribution in [3.05, 3.63) is 93.7 Å². The van der Waals surface area contributed by atoms with Crippen LogP contribution in [-0.4, -0.2) is 55.3 Å². The van der Waals surface area contributed by atoms with Gasteiger partial charge < -0.3 is 15.0 Å². The number of nitrogens with one attached hydrogen (secondary N) is 1. The highest BCUT2D eigenvalue weighted by molar-refractivity contribution is 6.14. The average Bonchev–Trinajstić information content (AvgIpc) is 2.81. The van der Waals surface area contributed by atoms with Crippen molar-refractivity contribution in [2.24, 2.45) is 4.99 Å². The van der Waals surface area contributed by atoms with Crippen molar-refractivity contribution in [2.45, 2.75) is 6.04 Å². The molecule has 0 fully saturated rings. The third-order valence-corrected chi connectivity index (χ3v) is 4.92. The van der Waals surface area contributed by atoms with Crippen molar-refractivity contribution < 1.29 is 9.66 Å². The molecule has 8 nitrogen and oxygen atoms in total. The van der Waals surface area contributed by atoms with Crippen LogP contribution in [0.2, 0.25) is 0 Å². The molecule has 0 aliphatic heterocycles. The van der Waals surface area contributed by atoms with Gasteiger partial charge in [-0.3, -0.25) is 10.1 Å². The molecule has 0 aliphatic carbocycles. The van der Waals surface area contributed by atoms with E-state index in [1.54, 1.807) is 7.05 Å². The van der Waals surface area contributed by atoms with Crippen molar-refractivity contribution in [2.75, 3.05) is 34.8 Å². The molecule has 1 aromatic heterocycles. The van der Waals surface area contributed by atoms with E-state index in [0.717, 1.165) is 11.1 Å². The third-order valence-electron chi connectivity index (χ3n) is 4.92. The lowest BCUT2D eigenvalue weighted by Crippen LogP contribution is -2.30. The molecule has 0 radical (unpaired) electrons. The fourth-order valence-corrected chi connectivity index (χ4v) is 3.41. The Bertz CT molecular complexity index is 1040. The number of aromatic nitrogens is 1. The Morgan fingerprint density at radius 2 is 1.69 bits per heavy atom. The summed E-state index contributed by atoms with van der Waals surface area (Å²) < 4.78 is 5.51. The molecule has 166 valence electrons. The molecule has 0 spiro atoms. The quantitative estimate of drug-likeness (QED) is 0.312. The highest BCUT2D eigenvalue weighted by Gasteiger charge is 2.27. The van der Waals surface area contributed by atoms with Crippen molar-refractivity contribution in [3.8, 4) is 5.88 Å². The molecular formula is C24H27N5O3. The lowest BCUT2D eigenvalue weighted by molar-refractivity contribution is -0.386. The molecule has 0 saturated carbocycles. The molecule has 0 saturated heterocycles. The number of likely N-dealkylation sites (N-methyl/N-ethyl adjacent to an activating group) is 2. The molecule has 8 heteroatoms. The van der Waals surface area contributed by atoms with E-state index in [-0.39, 0.29) is 17.6 Å². The van der Waals surface area contributed by atoms with Crippen molar-refractivity contribution >= 4 is 17.1 Å². The van der Waals surface area contributed by atoms with Crippen molar-refractivity contribution in [1.82, 2.24) is 15.2 Å². The largest absolute Gasteiger partial charge is 0.479 e. The van der Waals surface area contributed by atoms with Gasteiger partial charge in [-0.25, -0.2) is 9.98 Å². The number of pyridine rings is 1. The van der Waals surface area contributed by atoms with Gasteiger partial charge in [-0.15, -0.1) is 0 Å². The van der Waals surface area contributed by atoms with Gasteiger partial charge in [0.2, 0.25) is 5.88 Å². The molecule has 1 N–H and O–H groups in total. The van der Waals surface area contributed by atoms with E-state index in [2.05, 4.69) is 10.3 Å². The minimum Gasteiger partial charge on any atom is -0.479 e. The van der Waals surface area contributed by atoms with Crippen LogP contribution in [0.15, 0.2) is 71.7 Å². The summed E-state index contributed by atoms with van der Waals surface area (Å²) in [4.78, 5) is 22.8. The standard InChI is InChI=1S/C24H27N5O3/c1-25-20(16-28(2)3)23-21(29(30)31)15-19(24(27-23)32-4)26-22(17-11-7-5-8-12-17)18-13-9-6-10-14-18/h5-15,20,25H,16H2,1-4H3. The van der Waals surface area contributed by atoms with E-state index >= 15 is 0 Å². The van der Waals surface area contributed by atoms with Gasteiger partial charge in [-0.2, -0.15) is 0 Å². The SMILES string of the molecule is CNC(CN(C)C)c1nc(OC)c(N=C(c2ccccc2)c2ccccc2)cc1[N+](=O)[O-]. The fraction of sp³-hybridized carbons (Fsp3) is 0.250. The monoisotopic (exact) mass is 433 g/mol. The van der Waals surface area contributed by atoms with Crippen LogP contribution in [0.25, 0.3) is 0 Å².